The third kappa shape index (κ3) is 4.74. The molecule has 0 bridgehead atoms. The highest BCUT2D eigenvalue weighted by Crippen LogP contribution is 2.46. The number of nitrogens with zero attached hydrogens (tertiary/aromatic N) is 1. The van der Waals surface area contributed by atoms with Crippen LogP contribution in [0.3, 0.4) is 0 Å². The van der Waals surface area contributed by atoms with Gasteiger partial charge in [0.25, 0.3) is 0 Å². The quantitative estimate of drug-likeness (QED) is 0.178. The zero-order valence-corrected chi connectivity index (χ0v) is 28.1. The van der Waals surface area contributed by atoms with Gasteiger partial charge in [-0.25, -0.2) is 0 Å². The van der Waals surface area contributed by atoms with E-state index >= 15 is 0 Å². The molecular formula is C46H29NS2. The zero-order valence-electron chi connectivity index (χ0n) is 26.5. The Morgan fingerprint density at radius 3 is 1.69 bits per heavy atom. The van der Waals surface area contributed by atoms with Gasteiger partial charge < -0.3 is 4.90 Å². The first-order valence-electron chi connectivity index (χ1n) is 16.6. The van der Waals surface area contributed by atoms with Crippen LogP contribution in [-0.2, 0) is 0 Å². The van der Waals surface area contributed by atoms with Crippen LogP contribution in [0, 0.1) is 0 Å². The van der Waals surface area contributed by atoms with E-state index in [1.165, 1.54) is 73.4 Å². The Bertz CT molecular complexity index is 2850. The monoisotopic (exact) mass is 659 g/mol. The maximum absolute atomic E-state index is 2.45. The molecule has 0 fully saturated rings. The average molecular weight is 660 g/mol. The summed E-state index contributed by atoms with van der Waals surface area (Å²) in [6.07, 6.45) is 0. The molecule has 0 amide bonds. The van der Waals surface area contributed by atoms with Gasteiger partial charge in [-0.3, -0.25) is 0 Å². The Morgan fingerprint density at radius 1 is 0.327 bits per heavy atom. The van der Waals surface area contributed by atoms with Crippen LogP contribution in [-0.4, -0.2) is 0 Å². The molecule has 0 N–H and O–H groups in total. The number of para-hydroxylation sites is 1. The fourth-order valence-electron chi connectivity index (χ4n) is 7.37. The molecule has 0 spiro atoms. The van der Waals surface area contributed by atoms with Gasteiger partial charge in [0.1, 0.15) is 0 Å². The smallest absolute Gasteiger partial charge is 0.0540 e. The molecule has 0 atom stereocenters. The molecule has 0 aliphatic rings. The number of rotatable bonds is 5. The average Bonchev–Trinajstić information content (AvgIpc) is 3.73. The van der Waals surface area contributed by atoms with Crippen LogP contribution < -0.4 is 4.90 Å². The lowest BCUT2D eigenvalue weighted by Gasteiger charge is -2.28. The Kier molecular flexibility index (Phi) is 6.61. The van der Waals surface area contributed by atoms with Crippen molar-refractivity contribution in [2.24, 2.45) is 0 Å². The van der Waals surface area contributed by atoms with Crippen molar-refractivity contribution in [3.63, 3.8) is 0 Å². The van der Waals surface area contributed by atoms with Gasteiger partial charge in [0.2, 0.25) is 0 Å². The van der Waals surface area contributed by atoms with E-state index in [2.05, 4.69) is 181 Å². The minimum atomic E-state index is 1.12. The fraction of sp³-hybridized carbons (Fsp3) is 0. The number of fused-ring (bicyclic) bond motifs is 7. The van der Waals surface area contributed by atoms with Gasteiger partial charge in [-0.1, -0.05) is 115 Å². The zero-order chi connectivity index (χ0) is 32.3. The first kappa shape index (κ1) is 28.3. The largest absolute Gasteiger partial charge is 0.310 e. The second kappa shape index (κ2) is 11.5. The van der Waals surface area contributed by atoms with Gasteiger partial charge in [-0.05, 0) is 88.1 Å². The van der Waals surface area contributed by atoms with Gasteiger partial charge in [0, 0.05) is 57.3 Å². The van der Waals surface area contributed by atoms with Gasteiger partial charge in [0.05, 0.1) is 5.69 Å². The summed E-state index contributed by atoms with van der Waals surface area (Å²) in [4.78, 5) is 2.45. The van der Waals surface area contributed by atoms with E-state index in [0.717, 1.165) is 17.1 Å². The molecular weight excluding hydrogens is 631 g/mol. The van der Waals surface area contributed by atoms with Crippen molar-refractivity contribution < 1.29 is 0 Å². The summed E-state index contributed by atoms with van der Waals surface area (Å²) in [5.74, 6) is 0. The normalized spacial score (nSPS) is 11.7. The predicted octanol–water partition coefficient (Wildman–Crippen LogP) is 14.4. The van der Waals surface area contributed by atoms with E-state index in [-0.39, 0.29) is 0 Å². The van der Waals surface area contributed by atoms with E-state index in [9.17, 15) is 0 Å². The van der Waals surface area contributed by atoms with Crippen LogP contribution in [0.5, 0.6) is 0 Å². The second-order valence-electron chi connectivity index (χ2n) is 12.5. The Hall–Kier alpha value is -5.74. The molecule has 0 radical (unpaired) electrons. The third-order valence-electron chi connectivity index (χ3n) is 9.66. The maximum Gasteiger partial charge on any atom is 0.0540 e. The third-order valence-corrected chi connectivity index (χ3v) is 12.0. The summed E-state index contributed by atoms with van der Waals surface area (Å²) >= 11 is 3.72. The summed E-state index contributed by atoms with van der Waals surface area (Å²) in [7, 11) is 0. The molecule has 0 saturated heterocycles. The van der Waals surface area contributed by atoms with Crippen molar-refractivity contribution >= 4 is 90.9 Å². The predicted molar refractivity (Wildman–Crippen MR) is 215 cm³/mol. The van der Waals surface area contributed by atoms with Crippen molar-refractivity contribution in [2.45, 2.75) is 0 Å². The van der Waals surface area contributed by atoms with Crippen LogP contribution in [0.1, 0.15) is 0 Å². The summed E-state index contributed by atoms with van der Waals surface area (Å²) in [6, 6.07) is 64.6. The SMILES string of the molecule is c1cc(-c2ccc3sc4ccccc4c3c2)cc(N(c2ccc3sc4ccccc4c3c2)c2ccccc2-c2cccc3ccccc23)c1. The molecule has 0 unspecified atom stereocenters. The Morgan fingerprint density at radius 2 is 0.878 bits per heavy atom. The lowest BCUT2D eigenvalue weighted by atomic mass is 9.95. The van der Waals surface area contributed by atoms with E-state index in [0.29, 0.717) is 0 Å². The Labute approximate surface area is 292 Å². The van der Waals surface area contributed by atoms with E-state index in [1.807, 2.05) is 22.7 Å². The molecule has 8 aromatic carbocycles. The van der Waals surface area contributed by atoms with E-state index in [4.69, 9.17) is 0 Å². The van der Waals surface area contributed by atoms with E-state index < -0.39 is 0 Å². The first-order valence-corrected chi connectivity index (χ1v) is 18.2. The Balaban J connectivity index is 1.20. The molecule has 2 heterocycles. The number of hydrogen-bond acceptors (Lipinski definition) is 3. The minimum absolute atomic E-state index is 1.12. The maximum atomic E-state index is 2.45. The molecule has 2 aromatic heterocycles. The standard InChI is InChI=1S/C46H29NS2/c1-2-15-35-30(11-1)12-10-19-36(35)37-16-3-6-20-42(37)47(34-24-26-46-41(29-34)39-18-5-8-22-44(39)49-46)33-14-9-13-31(27-33)32-23-25-45-40(28-32)38-17-4-7-21-43(38)48-45/h1-29H. The van der Waals surface area contributed by atoms with Gasteiger partial charge in [0.15, 0.2) is 0 Å². The lowest BCUT2D eigenvalue weighted by molar-refractivity contribution is 1.29. The molecule has 0 aliphatic heterocycles. The summed E-state index contributed by atoms with van der Waals surface area (Å²) in [5.41, 5.74) is 8.26. The highest BCUT2D eigenvalue weighted by atomic mass is 32.1. The van der Waals surface area contributed by atoms with Crippen LogP contribution >= 0.6 is 22.7 Å². The van der Waals surface area contributed by atoms with E-state index in [1.54, 1.807) is 0 Å². The highest BCUT2D eigenvalue weighted by molar-refractivity contribution is 7.26. The van der Waals surface area contributed by atoms with Crippen LogP contribution in [0.4, 0.5) is 17.1 Å². The number of benzene rings is 8. The molecule has 0 aliphatic carbocycles. The molecule has 0 saturated carbocycles. The molecule has 10 aromatic rings. The molecule has 3 heteroatoms. The minimum Gasteiger partial charge on any atom is -0.310 e. The molecule has 49 heavy (non-hydrogen) atoms. The van der Waals surface area contributed by atoms with Crippen molar-refractivity contribution in [3.8, 4) is 22.3 Å². The second-order valence-corrected chi connectivity index (χ2v) is 14.7. The summed E-state index contributed by atoms with van der Waals surface area (Å²) in [5, 5.41) is 7.72. The lowest BCUT2D eigenvalue weighted by Crippen LogP contribution is -2.11. The molecule has 230 valence electrons. The topological polar surface area (TPSA) is 3.24 Å². The molecule has 1 nitrogen and oxygen atoms in total. The fourth-order valence-corrected chi connectivity index (χ4v) is 9.54. The van der Waals surface area contributed by atoms with Crippen molar-refractivity contribution in [3.05, 3.63) is 176 Å². The van der Waals surface area contributed by atoms with Crippen LogP contribution in [0.25, 0.3) is 73.4 Å². The summed E-state index contributed by atoms with van der Waals surface area (Å²) in [6.45, 7) is 0. The van der Waals surface area contributed by atoms with Crippen molar-refractivity contribution in [1.29, 1.82) is 0 Å². The van der Waals surface area contributed by atoms with Crippen molar-refractivity contribution in [2.75, 3.05) is 4.90 Å². The van der Waals surface area contributed by atoms with Gasteiger partial charge in [-0.2, -0.15) is 0 Å². The molecule has 10 rings (SSSR count). The van der Waals surface area contributed by atoms with Crippen LogP contribution in [0.2, 0.25) is 0 Å². The van der Waals surface area contributed by atoms with Crippen molar-refractivity contribution in [1.82, 2.24) is 0 Å². The number of thiophene rings is 2. The van der Waals surface area contributed by atoms with Gasteiger partial charge >= 0.3 is 0 Å². The summed E-state index contributed by atoms with van der Waals surface area (Å²) < 4.78 is 5.27. The van der Waals surface area contributed by atoms with Gasteiger partial charge in [-0.15, -0.1) is 22.7 Å². The first-order chi connectivity index (χ1) is 24.3. The van der Waals surface area contributed by atoms with Crippen LogP contribution in [0.15, 0.2) is 176 Å². The number of anilines is 3. The highest BCUT2D eigenvalue weighted by Gasteiger charge is 2.20. The number of hydrogen-bond donors (Lipinski definition) is 0.